The van der Waals surface area contributed by atoms with Crippen LogP contribution in [0.2, 0.25) is 10.0 Å². The van der Waals surface area contributed by atoms with E-state index in [0.29, 0.717) is 33.7 Å². The fraction of sp³-hybridized carbons (Fsp3) is 0.188. The van der Waals surface area contributed by atoms with E-state index >= 15 is 0 Å². The zero-order valence-electron chi connectivity index (χ0n) is 28.2. The summed E-state index contributed by atoms with van der Waals surface area (Å²) in [6.07, 6.45) is 0. The van der Waals surface area contributed by atoms with E-state index < -0.39 is 76.2 Å². The molecule has 21 heteroatoms. The first kappa shape index (κ1) is 49.1. The van der Waals surface area contributed by atoms with Crippen molar-refractivity contribution in [2.24, 2.45) is 0 Å². The van der Waals surface area contributed by atoms with Gasteiger partial charge >= 0.3 is 35.0 Å². The maximum absolute atomic E-state index is 12.3. The van der Waals surface area contributed by atoms with Gasteiger partial charge in [0.2, 0.25) is 11.2 Å². The number of aromatic hydroxyl groups is 2. The normalized spacial score (nSPS) is 11.2. The number of hydrogen-bond acceptors (Lipinski definition) is 14. The van der Waals surface area contributed by atoms with E-state index in [1.54, 1.807) is 48.5 Å². The van der Waals surface area contributed by atoms with Gasteiger partial charge < -0.3 is 49.2 Å². The van der Waals surface area contributed by atoms with Crippen molar-refractivity contribution in [3.63, 3.8) is 0 Å². The van der Waals surface area contributed by atoms with E-state index in [2.05, 4.69) is 0 Å². The maximum atomic E-state index is 12.3. The third kappa shape index (κ3) is 14.5. The first-order valence-corrected chi connectivity index (χ1v) is 17.5. The molecule has 0 radical (unpaired) electrons. The van der Waals surface area contributed by atoms with Gasteiger partial charge in [-0.3, -0.25) is 0 Å². The van der Waals surface area contributed by atoms with Crippen LogP contribution in [0, 0.1) is 0 Å². The van der Waals surface area contributed by atoms with Gasteiger partial charge in [0, 0.05) is 22.2 Å². The summed E-state index contributed by atoms with van der Waals surface area (Å²) < 4.78 is 88.6. The number of hydrogen-bond donors (Lipinski definition) is 2. The average molecular weight is 832 g/mol. The summed E-state index contributed by atoms with van der Waals surface area (Å²) in [5, 5.41) is 19.6. The molecule has 53 heavy (non-hydrogen) atoms. The molecule has 0 fully saturated rings. The zero-order chi connectivity index (χ0) is 37.7. The molecule has 4 aromatic rings. The van der Waals surface area contributed by atoms with E-state index in [4.69, 9.17) is 42.1 Å². The molecule has 4 rings (SSSR count). The van der Waals surface area contributed by atoms with Gasteiger partial charge in [-0.25, -0.2) is 26.4 Å². The molecule has 0 aromatic heterocycles. The van der Waals surface area contributed by atoms with Crippen molar-refractivity contribution in [3.8, 4) is 34.5 Å². The Bertz CT molecular complexity index is 1940. The van der Waals surface area contributed by atoms with Crippen molar-refractivity contribution in [3.05, 3.63) is 95.0 Å². The SMILES string of the molecule is CC(C)(Oc1ccc(Cl)cc1)C(=O)Oc1ccc(O)cc1S(=O)(=O)[O-].CC(C)(Oc1ccc(Cl)cc1)C(=O)Oc1ccc(O)cc1S(=O)(=O)[O-].O.O.[Mg+2]. The maximum Gasteiger partial charge on any atom is 2.00 e. The number of phenols is 2. The first-order chi connectivity index (χ1) is 23.0. The molecule has 0 aliphatic heterocycles. The molecule has 0 atom stereocenters. The number of rotatable bonds is 10. The second kappa shape index (κ2) is 19.4. The zero-order valence-corrected chi connectivity index (χ0v) is 32.7. The second-order valence-corrected chi connectivity index (χ2v) is 14.7. The number of esters is 2. The largest absolute Gasteiger partial charge is 2.00 e. The number of halogens is 2. The van der Waals surface area contributed by atoms with Crippen LogP contribution in [0.1, 0.15) is 27.7 Å². The second-order valence-electron chi connectivity index (χ2n) is 11.1. The van der Waals surface area contributed by atoms with Crippen LogP contribution in [-0.4, -0.2) is 93.3 Å². The van der Waals surface area contributed by atoms with Crippen LogP contribution in [0.25, 0.3) is 0 Å². The van der Waals surface area contributed by atoms with Crippen LogP contribution in [0.5, 0.6) is 34.5 Å². The molecular formula is C32H32Cl2MgO16S2. The van der Waals surface area contributed by atoms with Gasteiger partial charge in [0.15, 0.2) is 0 Å². The van der Waals surface area contributed by atoms with Crippen LogP contribution in [-0.2, 0) is 29.8 Å². The smallest absolute Gasteiger partial charge is 0.744 e. The van der Waals surface area contributed by atoms with Gasteiger partial charge in [-0.15, -0.1) is 0 Å². The molecule has 4 aromatic carbocycles. The van der Waals surface area contributed by atoms with Crippen molar-refractivity contribution in [2.45, 2.75) is 48.7 Å². The third-order valence-electron chi connectivity index (χ3n) is 6.16. The summed E-state index contributed by atoms with van der Waals surface area (Å²) in [6, 6.07) is 18.1. The Balaban J connectivity index is 0.000000966. The van der Waals surface area contributed by atoms with Gasteiger partial charge in [-0.2, -0.15) is 0 Å². The first-order valence-electron chi connectivity index (χ1n) is 13.9. The fourth-order valence-electron chi connectivity index (χ4n) is 3.68. The number of benzene rings is 4. The Morgan fingerprint density at radius 2 is 0.868 bits per heavy atom. The number of ether oxygens (including phenoxy) is 4. The molecule has 0 bridgehead atoms. The molecule has 0 unspecified atom stereocenters. The van der Waals surface area contributed by atoms with Gasteiger partial charge in [-0.1, -0.05) is 23.2 Å². The van der Waals surface area contributed by atoms with Gasteiger partial charge in [0.05, 0.1) is 0 Å². The standard InChI is InChI=1S/2C16H15ClO7S.Mg.2H2O/c2*1-16(2,24-12-6-3-10(17)4-7-12)15(19)23-13-8-5-11(18)9-14(13)25(20,21)22;;;/h2*3-9,18H,1-2H3,(H,20,21,22);;2*1H2/q;;+2;;/p-2. The molecule has 0 amide bonds. The summed E-state index contributed by atoms with van der Waals surface area (Å²) in [5.41, 5.74) is -2.98. The molecule has 6 N–H and O–H groups in total. The summed E-state index contributed by atoms with van der Waals surface area (Å²) in [6.45, 7) is 5.65. The molecule has 0 saturated heterocycles. The molecule has 16 nitrogen and oxygen atoms in total. The summed E-state index contributed by atoms with van der Waals surface area (Å²) in [4.78, 5) is 23.0. The Morgan fingerprint density at radius 1 is 0.585 bits per heavy atom. The van der Waals surface area contributed by atoms with E-state index in [-0.39, 0.29) is 34.0 Å². The van der Waals surface area contributed by atoms with Crippen LogP contribution in [0.3, 0.4) is 0 Å². The Labute approximate surface area is 330 Å². The molecule has 0 spiro atoms. The fourth-order valence-corrected chi connectivity index (χ4v) is 5.17. The monoisotopic (exact) mass is 830 g/mol. The summed E-state index contributed by atoms with van der Waals surface area (Å²) in [5.74, 6) is -3.08. The van der Waals surface area contributed by atoms with Crippen LogP contribution < -0.4 is 18.9 Å². The predicted molar refractivity (Wildman–Crippen MR) is 189 cm³/mol. The van der Waals surface area contributed by atoms with Crippen molar-refractivity contribution < 1.29 is 75.6 Å². The van der Waals surface area contributed by atoms with Crippen molar-refractivity contribution in [1.82, 2.24) is 0 Å². The quantitative estimate of drug-likeness (QED) is 0.100. The van der Waals surface area contributed by atoms with E-state index in [0.717, 1.165) is 24.3 Å². The van der Waals surface area contributed by atoms with Crippen LogP contribution in [0.4, 0.5) is 0 Å². The summed E-state index contributed by atoms with van der Waals surface area (Å²) >= 11 is 11.5. The van der Waals surface area contributed by atoms with Crippen LogP contribution in [0.15, 0.2) is 94.7 Å². The Morgan fingerprint density at radius 3 is 1.13 bits per heavy atom. The van der Waals surface area contributed by atoms with Crippen molar-refractivity contribution in [2.75, 3.05) is 0 Å². The minimum Gasteiger partial charge on any atom is -0.744 e. The number of carbonyl (C=O) groups is 2. The number of carbonyl (C=O) groups excluding carboxylic acids is 2. The van der Waals surface area contributed by atoms with Crippen molar-refractivity contribution in [1.29, 1.82) is 0 Å². The van der Waals surface area contributed by atoms with Gasteiger partial charge in [-0.05, 0) is 100 Å². The third-order valence-corrected chi connectivity index (χ3v) is 8.37. The van der Waals surface area contributed by atoms with Crippen LogP contribution >= 0.6 is 23.2 Å². The van der Waals surface area contributed by atoms with E-state index in [1.165, 1.54) is 27.7 Å². The van der Waals surface area contributed by atoms with Gasteiger partial charge in [0.1, 0.15) is 64.5 Å². The molecule has 0 heterocycles. The van der Waals surface area contributed by atoms with Crippen molar-refractivity contribution >= 4 is 78.4 Å². The average Bonchev–Trinajstić information content (AvgIpc) is 3.00. The van der Waals surface area contributed by atoms with E-state index in [1.807, 2.05) is 0 Å². The van der Waals surface area contributed by atoms with Gasteiger partial charge in [0.25, 0.3) is 0 Å². The topological polar surface area (TPSA) is 289 Å². The molecule has 0 aliphatic rings. The molecule has 284 valence electrons. The molecule has 0 saturated carbocycles. The Kier molecular flexibility index (Phi) is 18.0. The molecule has 0 aliphatic carbocycles. The minimum atomic E-state index is -4.95. The molecular weight excluding hydrogens is 800 g/mol. The predicted octanol–water partition coefficient (Wildman–Crippen LogP) is 3.40. The minimum absolute atomic E-state index is 0. The number of phenolic OH excluding ortho intramolecular Hbond substituents is 2. The Hall–Kier alpha value is -3.89. The summed E-state index contributed by atoms with van der Waals surface area (Å²) in [7, 11) is -9.91. The van der Waals surface area contributed by atoms with E-state index in [9.17, 15) is 45.7 Å².